The zero-order valence-corrected chi connectivity index (χ0v) is 9.68. The normalized spacial score (nSPS) is 19.9. The summed E-state index contributed by atoms with van der Waals surface area (Å²) in [5.74, 6) is 0.128. The van der Waals surface area contributed by atoms with Crippen molar-refractivity contribution in [2.24, 2.45) is 0 Å². The predicted molar refractivity (Wildman–Crippen MR) is 62.1 cm³/mol. The van der Waals surface area contributed by atoms with Crippen LogP contribution >= 0.6 is 0 Å². The van der Waals surface area contributed by atoms with Gasteiger partial charge in [-0.15, -0.1) is 0 Å². The summed E-state index contributed by atoms with van der Waals surface area (Å²) in [6, 6.07) is 3.05. The Bertz CT molecular complexity index is 416. The van der Waals surface area contributed by atoms with Crippen LogP contribution < -0.4 is 10.1 Å². The van der Waals surface area contributed by atoms with Crippen molar-refractivity contribution >= 4 is 5.69 Å². The molecule has 1 N–H and O–H groups in total. The average molecular weight is 237 g/mol. The Hall–Kier alpha value is -1.69. The minimum Gasteiger partial charge on any atom is -0.468 e. The number of pyridine rings is 1. The Labute approximate surface area is 99.2 Å². The molecule has 1 aliphatic rings. The van der Waals surface area contributed by atoms with Gasteiger partial charge in [0.05, 0.1) is 4.92 Å². The molecule has 0 saturated carbocycles. The molecule has 2 rings (SSSR count). The van der Waals surface area contributed by atoms with Gasteiger partial charge in [-0.05, 0) is 32.4 Å². The summed E-state index contributed by atoms with van der Waals surface area (Å²) in [5.41, 5.74) is 0.649. The molecule has 1 fully saturated rings. The quantitative estimate of drug-likeness (QED) is 0.635. The van der Waals surface area contributed by atoms with Crippen LogP contribution in [-0.4, -0.2) is 29.1 Å². The monoisotopic (exact) mass is 237 g/mol. The molecule has 0 radical (unpaired) electrons. The number of aromatic nitrogens is 1. The van der Waals surface area contributed by atoms with Crippen LogP contribution in [0.3, 0.4) is 0 Å². The maximum atomic E-state index is 10.8. The molecular formula is C11H15N3O3. The van der Waals surface area contributed by atoms with Crippen molar-refractivity contribution in [1.29, 1.82) is 0 Å². The first-order valence-electron chi connectivity index (χ1n) is 5.66. The number of nitro groups is 1. The number of nitrogens with one attached hydrogen (secondary N) is 1. The lowest BCUT2D eigenvalue weighted by molar-refractivity contribution is -0.386. The van der Waals surface area contributed by atoms with Crippen molar-refractivity contribution in [3.63, 3.8) is 0 Å². The van der Waals surface area contributed by atoms with E-state index in [2.05, 4.69) is 10.3 Å². The zero-order valence-electron chi connectivity index (χ0n) is 9.68. The standard InChI is InChI=1S/C11H15N3O3/c1-8-4-5-10(14(15)16)11(13-8)17-9-3-2-6-12-7-9/h4-5,9,12H,2-3,6-7H2,1H3. The molecule has 1 aliphatic heterocycles. The van der Waals surface area contributed by atoms with Crippen LogP contribution in [0.2, 0.25) is 0 Å². The molecule has 1 saturated heterocycles. The first kappa shape index (κ1) is 11.8. The lowest BCUT2D eigenvalue weighted by atomic mass is 10.1. The fourth-order valence-corrected chi connectivity index (χ4v) is 1.83. The van der Waals surface area contributed by atoms with Gasteiger partial charge in [-0.3, -0.25) is 10.1 Å². The fourth-order valence-electron chi connectivity index (χ4n) is 1.83. The summed E-state index contributed by atoms with van der Waals surface area (Å²) in [7, 11) is 0. The second-order valence-corrected chi connectivity index (χ2v) is 4.12. The van der Waals surface area contributed by atoms with E-state index in [1.54, 1.807) is 13.0 Å². The summed E-state index contributed by atoms with van der Waals surface area (Å²) in [5, 5.41) is 14.0. The van der Waals surface area contributed by atoms with Crippen LogP contribution in [-0.2, 0) is 0 Å². The minimum absolute atomic E-state index is 0.0308. The third-order valence-electron chi connectivity index (χ3n) is 2.71. The molecule has 0 aromatic carbocycles. The van der Waals surface area contributed by atoms with Gasteiger partial charge in [0.1, 0.15) is 6.10 Å². The Morgan fingerprint density at radius 3 is 3.06 bits per heavy atom. The number of rotatable bonds is 3. The molecular weight excluding hydrogens is 222 g/mol. The fraction of sp³-hybridized carbons (Fsp3) is 0.545. The highest BCUT2D eigenvalue weighted by molar-refractivity contribution is 5.41. The van der Waals surface area contributed by atoms with Crippen LogP contribution in [0, 0.1) is 17.0 Å². The first-order chi connectivity index (χ1) is 8.16. The van der Waals surface area contributed by atoms with Gasteiger partial charge < -0.3 is 10.1 Å². The van der Waals surface area contributed by atoms with Crippen molar-refractivity contribution in [2.75, 3.05) is 13.1 Å². The molecule has 1 atom stereocenters. The summed E-state index contributed by atoms with van der Waals surface area (Å²) in [6.45, 7) is 3.48. The molecule has 1 unspecified atom stereocenters. The average Bonchev–Trinajstić information content (AvgIpc) is 2.30. The van der Waals surface area contributed by atoms with Crippen LogP contribution in [0.25, 0.3) is 0 Å². The molecule has 1 aromatic rings. The molecule has 1 aromatic heterocycles. The van der Waals surface area contributed by atoms with Crippen LogP contribution in [0.1, 0.15) is 18.5 Å². The summed E-state index contributed by atoms with van der Waals surface area (Å²) >= 11 is 0. The van der Waals surface area contributed by atoms with Gasteiger partial charge in [0.15, 0.2) is 0 Å². The van der Waals surface area contributed by atoms with Gasteiger partial charge in [-0.2, -0.15) is 0 Å². The highest BCUT2D eigenvalue weighted by Crippen LogP contribution is 2.26. The molecule has 92 valence electrons. The number of aryl methyl sites for hydroxylation is 1. The third kappa shape index (κ3) is 2.91. The van der Waals surface area contributed by atoms with Crippen molar-refractivity contribution in [1.82, 2.24) is 10.3 Å². The molecule has 6 nitrogen and oxygen atoms in total. The van der Waals surface area contributed by atoms with E-state index in [1.165, 1.54) is 6.07 Å². The van der Waals surface area contributed by atoms with E-state index >= 15 is 0 Å². The summed E-state index contributed by atoms with van der Waals surface area (Å²) in [6.07, 6.45) is 1.89. The number of piperidine rings is 1. The van der Waals surface area contributed by atoms with Gasteiger partial charge >= 0.3 is 5.69 Å². The van der Waals surface area contributed by atoms with Gasteiger partial charge in [-0.1, -0.05) is 0 Å². The Morgan fingerprint density at radius 2 is 2.41 bits per heavy atom. The largest absolute Gasteiger partial charge is 0.468 e. The maximum absolute atomic E-state index is 10.8. The molecule has 0 bridgehead atoms. The van der Waals surface area contributed by atoms with Crippen molar-refractivity contribution < 1.29 is 9.66 Å². The van der Waals surface area contributed by atoms with E-state index in [0.717, 1.165) is 25.1 Å². The van der Waals surface area contributed by atoms with E-state index < -0.39 is 4.92 Å². The van der Waals surface area contributed by atoms with Crippen LogP contribution in [0.4, 0.5) is 5.69 Å². The topological polar surface area (TPSA) is 77.3 Å². The maximum Gasteiger partial charge on any atom is 0.330 e. The Balaban J connectivity index is 2.17. The van der Waals surface area contributed by atoms with Crippen molar-refractivity contribution in [3.05, 3.63) is 27.9 Å². The lowest BCUT2D eigenvalue weighted by Crippen LogP contribution is -2.37. The molecule has 0 spiro atoms. The molecule has 2 heterocycles. The number of hydrogen-bond donors (Lipinski definition) is 1. The van der Waals surface area contributed by atoms with Gasteiger partial charge in [0.25, 0.3) is 5.88 Å². The highest BCUT2D eigenvalue weighted by Gasteiger charge is 2.22. The number of hydrogen-bond acceptors (Lipinski definition) is 5. The number of ether oxygens (including phenoxy) is 1. The summed E-state index contributed by atoms with van der Waals surface area (Å²) in [4.78, 5) is 14.5. The SMILES string of the molecule is Cc1ccc([N+](=O)[O-])c(OC2CCCNC2)n1. The van der Waals surface area contributed by atoms with E-state index in [9.17, 15) is 10.1 Å². The second kappa shape index (κ2) is 5.09. The van der Waals surface area contributed by atoms with Crippen LogP contribution in [0.5, 0.6) is 5.88 Å². The third-order valence-corrected chi connectivity index (χ3v) is 2.71. The van der Waals surface area contributed by atoms with Gasteiger partial charge in [0.2, 0.25) is 0 Å². The van der Waals surface area contributed by atoms with Crippen LogP contribution in [0.15, 0.2) is 12.1 Å². The van der Waals surface area contributed by atoms with E-state index in [4.69, 9.17) is 4.74 Å². The smallest absolute Gasteiger partial charge is 0.330 e. The highest BCUT2D eigenvalue weighted by atomic mass is 16.6. The minimum atomic E-state index is -0.460. The Morgan fingerprint density at radius 1 is 1.59 bits per heavy atom. The van der Waals surface area contributed by atoms with E-state index in [1.807, 2.05) is 0 Å². The van der Waals surface area contributed by atoms with Crippen molar-refractivity contribution in [2.45, 2.75) is 25.9 Å². The van der Waals surface area contributed by atoms with Gasteiger partial charge in [-0.25, -0.2) is 4.98 Å². The van der Waals surface area contributed by atoms with E-state index in [-0.39, 0.29) is 17.7 Å². The molecule has 0 amide bonds. The van der Waals surface area contributed by atoms with E-state index in [0.29, 0.717) is 6.54 Å². The first-order valence-corrected chi connectivity index (χ1v) is 5.66. The number of nitrogens with zero attached hydrogens (tertiary/aromatic N) is 2. The molecule has 6 heteroatoms. The zero-order chi connectivity index (χ0) is 12.3. The lowest BCUT2D eigenvalue weighted by Gasteiger charge is -2.23. The Kier molecular flexibility index (Phi) is 3.53. The molecule has 0 aliphatic carbocycles. The summed E-state index contributed by atoms with van der Waals surface area (Å²) < 4.78 is 5.61. The van der Waals surface area contributed by atoms with Gasteiger partial charge in [0, 0.05) is 18.3 Å². The second-order valence-electron chi connectivity index (χ2n) is 4.12. The predicted octanol–water partition coefficient (Wildman–Crippen LogP) is 1.43. The van der Waals surface area contributed by atoms with Crippen molar-refractivity contribution in [3.8, 4) is 5.88 Å². The molecule has 17 heavy (non-hydrogen) atoms.